The van der Waals surface area contributed by atoms with Crippen molar-refractivity contribution in [2.45, 2.75) is 39.5 Å². The first kappa shape index (κ1) is 15.8. The van der Waals surface area contributed by atoms with Crippen LogP contribution < -0.4 is 4.90 Å². The Morgan fingerprint density at radius 1 is 1.00 bits per heavy atom. The van der Waals surface area contributed by atoms with Gasteiger partial charge in [0.15, 0.2) is 0 Å². The zero-order valence-corrected chi connectivity index (χ0v) is 14.4. The van der Waals surface area contributed by atoms with Gasteiger partial charge in [0, 0.05) is 25.0 Å². The van der Waals surface area contributed by atoms with Crippen molar-refractivity contribution in [3.05, 3.63) is 59.2 Å². The summed E-state index contributed by atoms with van der Waals surface area (Å²) in [6.07, 6.45) is 4.59. The Kier molecular flexibility index (Phi) is 4.80. The van der Waals surface area contributed by atoms with Gasteiger partial charge < -0.3 is 4.90 Å². The van der Waals surface area contributed by atoms with E-state index in [1.165, 1.54) is 48.3 Å². The fourth-order valence-corrected chi connectivity index (χ4v) is 3.17. The molecular formula is C21H26N2. The minimum atomic E-state index is 0.564. The van der Waals surface area contributed by atoms with Gasteiger partial charge in [0.2, 0.25) is 0 Å². The monoisotopic (exact) mass is 306 g/mol. The molecule has 0 amide bonds. The lowest BCUT2D eigenvalue weighted by Crippen LogP contribution is -2.18. The van der Waals surface area contributed by atoms with Crippen LogP contribution >= 0.6 is 0 Å². The first-order chi connectivity index (χ1) is 11.1. The minimum Gasteiger partial charge on any atom is -0.371 e. The molecule has 1 aliphatic rings. The molecule has 2 nitrogen and oxygen atoms in total. The molecule has 0 N–H and O–H groups in total. The Morgan fingerprint density at radius 2 is 1.70 bits per heavy atom. The Bertz CT molecular complexity index is 677. The highest BCUT2D eigenvalue weighted by molar-refractivity contribution is 5.83. The van der Waals surface area contributed by atoms with Gasteiger partial charge in [0.1, 0.15) is 0 Å². The molecule has 0 aromatic heterocycles. The zero-order chi connectivity index (χ0) is 16.2. The number of benzene rings is 2. The van der Waals surface area contributed by atoms with Crippen molar-refractivity contribution < 1.29 is 0 Å². The second kappa shape index (κ2) is 6.99. The summed E-state index contributed by atoms with van der Waals surface area (Å²) in [6, 6.07) is 15.2. The van der Waals surface area contributed by atoms with Crippen molar-refractivity contribution in [2.24, 2.45) is 4.99 Å². The molecule has 0 saturated carbocycles. The number of rotatable bonds is 4. The average molecular weight is 306 g/mol. The Hall–Kier alpha value is -2.09. The number of anilines is 1. The summed E-state index contributed by atoms with van der Waals surface area (Å²) < 4.78 is 0. The number of hydrogen-bond acceptors (Lipinski definition) is 2. The van der Waals surface area contributed by atoms with E-state index in [0.717, 1.165) is 5.69 Å². The summed E-state index contributed by atoms with van der Waals surface area (Å²) in [7, 11) is 0. The van der Waals surface area contributed by atoms with Crippen molar-refractivity contribution in [2.75, 3.05) is 18.0 Å². The Morgan fingerprint density at radius 3 is 2.30 bits per heavy atom. The molecule has 0 spiro atoms. The van der Waals surface area contributed by atoms with Crippen LogP contribution in [0.1, 0.15) is 49.3 Å². The highest BCUT2D eigenvalue weighted by Gasteiger charge is 2.13. The normalized spacial score (nSPS) is 15.0. The third kappa shape index (κ3) is 3.82. The molecule has 1 saturated heterocycles. The second-order valence-corrected chi connectivity index (χ2v) is 6.74. The van der Waals surface area contributed by atoms with Gasteiger partial charge in [-0.05, 0) is 66.6 Å². The third-order valence-corrected chi connectivity index (χ3v) is 4.59. The van der Waals surface area contributed by atoms with Crippen LogP contribution in [0, 0.1) is 6.92 Å². The van der Waals surface area contributed by atoms with Gasteiger partial charge in [-0.15, -0.1) is 0 Å². The van der Waals surface area contributed by atoms with E-state index in [1.807, 2.05) is 6.21 Å². The van der Waals surface area contributed by atoms with Crippen LogP contribution in [-0.2, 0) is 0 Å². The van der Waals surface area contributed by atoms with Gasteiger partial charge in [0.05, 0.1) is 5.69 Å². The summed E-state index contributed by atoms with van der Waals surface area (Å²) in [5.74, 6) is 0.564. The zero-order valence-electron chi connectivity index (χ0n) is 14.4. The van der Waals surface area contributed by atoms with Crippen LogP contribution in [0.15, 0.2) is 47.5 Å². The van der Waals surface area contributed by atoms with Crippen LogP contribution in [0.5, 0.6) is 0 Å². The molecule has 1 heterocycles. The molecule has 0 unspecified atom stereocenters. The molecule has 1 aliphatic heterocycles. The number of hydrogen-bond donors (Lipinski definition) is 0. The van der Waals surface area contributed by atoms with Crippen LogP contribution in [-0.4, -0.2) is 19.3 Å². The van der Waals surface area contributed by atoms with E-state index in [9.17, 15) is 0 Å². The highest BCUT2D eigenvalue weighted by Crippen LogP contribution is 2.25. The fraction of sp³-hybridized carbons (Fsp3) is 0.381. The Balaban J connectivity index is 1.73. The lowest BCUT2D eigenvalue weighted by Gasteiger charge is -2.20. The molecule has 0 aliphatic carbocycles. The third-order valence-electron chi connectivity index (χ3n) is 4.59. The predicted octanol–water partition coefficient (Wildman–Crippen LogP) is 5.47. The summed E-state index contributed by atoms with van der Waals surface area (Å²) in [5.41, 5.74) is 6.25. The van der Waals surface area contributed by atoms with Crippen molar-refractivity contribution in [1.29, 1.82) is 0 Å². The van der Waals surface area contributed by atoms with E-state index in [4.69, 9.17) is 0 Å². The molecule has 23 heavy (non-hydrogen) atoms. The van der Waals surface area contributed by atoms with Gasteiger partial charge in [-0.25, -0.2) is 0 Å². The predicted molar refractivity (Wildman–Crippen MR) is 100 cm³/mol. The summed E-state index contributed by atoms with van der Waals surface area (Å²) >= 11 is 0. The van der Waals surface area contributed by atoms with Gasteiger partial charge in [0.25, 0.3) is 0 Å². The maximum absolute atomic E-state index is 4.61. The smallest absolute Gasteiger partial charge is 0.0630 e. The largest absolute Gasteiger partial charge is 0.371 e. The first-order valence-corrected chi connectivity index (χ1v) is 8.63. The number of nitrogens with zero attached hydrogens (tertiary/aromatic N) is 2. The van der Waals surface area contributed by atoms with Gasteiger partial charge in [-0.1, -0.05) is 32.0 Å². The molecule has 0 atom stereocenters. The fourth-order valence-electron chi connectivity index (χ4n) is 3.17. The standard InChI is InChI=1S/C21H26N2/c1-16(2)19-7-9-20(10-8-19)22-15-18-6-11-21(17(3)14-18)23-12-4-5-13-23/h6-11,14-16H,4-5,12-13H2,1-3H3. The van der Waals surface area contributed by atoms with Gasteiger partial charge in [-0.2, -0.15) is 0 Å². The molecule has 120 valence electrons. The molecule has 2 aromatic rings. The number of aliphatic imine (C=N–C) groups is 1. The van der Waals surface area contributed by atoms with Gasteiger partial charge in [-0.3, -0.25) is 4.99 Å². The maximum Gasteiger partial charge on any atom is 0.0630 e. The summed E-state index contributed by atoms with van der Waals surface area (Å²) in [5, 5.41) is 0. The van der Waals surface area contributed by atoms with E-state index in [0.29, 0.717) is 5.92 Å². The SMILES string of the molecule is Cc1cc(C=Nc2ccc(C(C)C)cc2)ccc1N1CCCC1. The van der Waals surface area contributed by atoms with E-state index < -0.39 is 0 Å². The molecule has 2 heteroatoms. The molecule has 2 aromatic carbocycles. The minimum absolute atomic E-state index is 0.564. The van der Waals surface area contributed by atoms with Crippen molar-refractivity contribution in [3.8, 4) is 0 Å². The van der Waals surface area contributed by atoms with Gasteiger partial charge >= 0.3 is 0 Å². The van der Waals surface area contributed by atoms with Crippen LogP contribution in [0.3, 0.4) is 0 Å². The average Bonchev–Trinajstić information content (AvgIpc) is 3.07. The quantitative estimate of drug-likeness (QED) is 0.684. The molecule has 3 rings (SSSR count). The maximum atomic E-state index is 4.61. The van der Waals surface area contributed by atoms with Crippen molar-refractivity contribution >= 4 is 17.6 Å². The topological polar surface area (TPSA) is 15.6 Å². The highest BCUT2D eigenvalue weighted by atomic mass is 15.1. The lowest BCUT2D eigenvalue weighted by atomic mass is 10.0. The van der Waals surface area contributed by atoms with Crippen LogP contribution in [0.2, 0.25) is 0 Å². The van der Waals surface area contributed by atoms with E-state index in [-0.39, 0.29) is 0 Å². The van der Waals surface area contributed by atoms with Crippen molar-refractivity contribution in [1.82, 2.24) is 0 Å². The summed E-state index contributed by atoms with van der Waals surface area (Å²) in [6.45, 7) is 9.00. The van der Waals surface area contributed by atoms with E-state index >= 15 is 0 Å². The molecule has 0 radical (unpaired) electrons. The molecular weight excluding hydrogens is 280 g/mol. The van der Waals surface area contributed by atoms with E-state index in [2.05, 4.69) is 73.1 Å². The van der Waals surface area contributed by atoms with Crippen molar-refractivity contribution in [3.63, 3.8) is 0 Å². The van der Waals surface area contributed by atoms with Crippen LogP contribution in [0.4, 0.5) is 11.4 Å². The second-order valence-electron chi connectivity index (χ2n) is 6.74. The molecule has 0 bridgehead atoms. The molecule has 1 fully saturated rings. The number of aryl methyl sites for hydroxylation is 1. The Labute approximate surface area is 139 Å². The summed E-state index contributed by atoms with van der Waals surface area (Å²) in [4.78, 5) is 7.09. The first-order valence-electron chi connectivity index (χ1n) is 8.63. The van der Waals surface area contributed by atoms with E-state index in [1.54, 1.807) is 0 Å². The lowest BCUT2D eigenvalue weighted by molar-refractivity contribution is 0.867. The van der Waals surface area contributed by atoms with Crippen LogP contribution in [0.25, 0.3) is 0 Å².